The number of ether oxygens (including phenoxy) is 1. The number of rotatable bonds is 3. The molecule has 8 nitrogen and oxygen atoms in total. The molecule has 3 N–H and O–H groups in total. The molecule has 0 spiro atoms. The molecule has 0 unspecified atom stereocenters. The number of nitrogens with one attached hydrogen (secondary N) is 1. The van der Waals surface area contributed by atoms with Crippen LogP contribution in [-0.2, 0) is 11.2 Å². The molecule has 11 heteroatoms. The van der Waals surface area contributed by atoms with E-state index < -0.39 is 12.0 Å². The Kier molecular flexibility index (Phi) is 4.05. The number of nitrogens with zero attached hydrogens (tertiary/aromatic N) is 4. The van der Waals surface area contributed by atoms with Crippen LogP contribution >= 0.6 is 0 Å². The zero-order valence-corrected chi connectivity index (χ0v) is 16.3. The van der Waals surface area contributed by atoms with E-state index in [2.05, 4.69) is 19.7 Å². The molecule has 1 amide bonds. The van der Waals surface area contributed by atoms with Crippen molar-refractivity contribution in [3.8, 4) is 0 Å². The molecular formula is C19H21F3N6O2. The van der Waals surface area contributed by atoms with E-state index >= 15 is 0 Å². The first kappa shape index (κ1) is 19.2. The highest BCUT2D eigenvalue weighted by Gasteiger charge is 2.56. The summed E-state index contributed by atoms with van der Waals surface area (Å²) in [7, 11) is 1.67. The van der Waals surface area contributed by atoms with E-state index in [1.165, 1.54) is 11.0 Å². The van der Waals surface area contributed by atoms with E-state index in [1.54, 1.807) is 13.1 Å². The number of aliphatic imine (C=N–C) groups is 1. The van der Waals surface area contributed by atoms with Crippen molar-refractivity contribution < 1.29 is 22.7 Å². The Morgan fingerprint density at radius 2 is 2.17 bits per heavy atom. The Hall–Kier alpha value is -2.82. The summed E-state index contributed by atoms with van der Waals surface area (Å²) in [5.41, 5.74) is 7.26. The number of imidazole rings is 1. The molecular weight excluding hydrogens is 401 g/mol. The fourth-order valence-corrected chi connectivity index (χ4v) is 4.67. The molecule has 2 aliphatic carbocycles. The number of hydrogen-bond donors (Lipinski definition) is 2. The third-order valence-electron chi connectivity index (χ3n) is 6.12. The van der Waals surface area contributed by atoms with Crippen molar-refractivity contribution in [2.24, 2.45) is 10.7 Å². The molecule has 2 atom stereocenters. The van der Waals surface area contributed by atoms with Gasteiger partial charge in [0, 0.05) is 19.9 Å². The van der Waals surface area contributed by atoms with Crippen molar-refractivity contribution in [3.05, 3.63) is 35.0 Å². The number of guanidine groups is 1. The molecule has 1 saturated carbocycles. The maximum Gasteiger partial charge on any atom is 0.572 e. The lowest BCUT2D eigenvalue weighted by molar-refractivity contribution is -0.306. The second kappa shape index (κ2) is 6.34. The normalized spacial score (nSPS) is 28.0. The predicted octanol–water partition coefficient (Wildman–Crippen LogP) is 2.56. The number of carbonyl (C=O) groups excluding carboxylic acids is 1. The van der Waals surface area contributed by atoms with Crippen molar-refractivity contribution in [3.63, 3.8) is 0 Å². The number of allylic oxidation sites excluding steroid dienone is 4. The first-order valence-corrected chi connectivity index (χ1v) is 9.84. The zero-order chi connectivity index (χ0) is 21.3. The lowest BCUT2D eigenvalue weighted by Gasteiger charge is -2.39. The summed E-state index contributed by atoms with van der Waals surface area (Å²) in [6.07, 6.45) is 1.80. The molecule has 0 bridgehead atoms. The van der Waals surface area contributed by atoms with E-state index in [9.17, 15) is 18.0 Å². The molecule has 1 aromatic rings. The van der Waals surface area contributed by atoms with E-state index in [-0.39, 0.29) is 24.1 Å². The number of aromatic amines is 1. The minimum atomic E-state index is -4.69. The topological polar surface area (TPSA) is 99.8 Å². The molecule has 5 rings (SSSR count). The number of alkyl halides is 3. The largest absolute Gasteiger partial charge is 0.572 e. The molecule has 30 heavy (non-hydrogen) atoms. The standard InChI is InChI=1S/C19H21F3N6O2/c1-27-16(29)14-15(28-17(27)24-12-3-2-8-18(12,28)23)26-13(25-14)9-10-4-6-11(7-5-10)30-19(20,21)22/h4,6,12H,2-3,5,7-9,23H2,1H3,(H,25,26)/t12-,18+/m1/s1. The number of hydrogen-bond acceptors (Lipinski definition) is 6. The number of halogens is 3. The van der Waals surface area contributed by atoms with Crippen molar-refractivity contribution in [2.45, 2.75) is 56.6 Å². The number of aromatic nitrogens is 2. The molecule has 1 aromatic heterocycles. The van der Waals surface area contributed by atoms with E-state index in [0.717, 1.165) is 24.8 Å². The molecule has 0 saturated heterocycles. The molecule has 4 aliphatic rings. The second-order valence-corrected chi connectivity index (χ2v) is 8.09. The molecule has 160 valence electrons. The smallest absolute Gasteiger partial charge is 0.410 e. The Morgan fingerprint density at radius 3 is 2.87 bits per heavy atom. The minimum absolute atomic E-state index is 0.0768. The van der Waals surface area contributed by atoms with Gasteiger partial charge in [-0.15, -0.1) is 13.2 Å². The highest BCUT2D eigenvalue weighted by atomic mass is 19.4. The van der Waals surface area contributed by atoms with Crippen molar-refractivity contribution in [1.29, 1.82) is 0 Å². The van der Waals surface area contributed by atoms with E-state index in [4.69, 9.17) is 5.73 Å². The molecule has 3 heterocycles. The molecule has 2 aliphatic heterocycles. The summed E-state index contributed by atoms with van der Waals surface area (Å²) in [5.74, 6) is 1.21. The fraction of sp³-hybridized carbons (Fsp3) is 0.526. The Balaban J connectivity index is 1.42. The molecule has 0 aromatic carbocycles. The van der Waals surface area contributed by atoms with Gasteiger partial charge in [-0.05, 0) is 31.8 Å². The molecule has 1 fully saturated rings. The van der Waals surface area contributed by atoms with Crippen LogP contribution in [0.4, 0.5) is 19.0 Å². The van der Waals surface area contributed by atoms with Gasteiger partial charge in [0.15, 0.2) is 5.82 Å². The highest BCUT2D eigenvalue weighted by molar-refractivity contribution is 6.18. The summed E-state index contributed by atoms with van der Waals surface area (Å²) in [5, 5.41) is 0. The van der Waals surface area contributed by atoms with Crippen LogP contribution in [0.15, 0.2) is 28.5 Å². The Bertz CT molecular complexity index is 1010. The van der Waals surface area contributed by atoms with Crippen LogP contribution in [0.3, 0.4) is 0 Å². The van der Waals surface area contributed by atoms with Crippen LogP contribution in [0.5, 0.6) is 0 Å². The summed E-state index contributed by atoms with van der Waals surface area (Å²) >= 11 is 0. The third-order valence-corrected chi connectivity index (χ3v) is 6.12. The monoisotopic (exact) mass is 422 g/mol. The van der Waals surface area contributed by atoms with Gasteiger partial charge < -0.3 is 15.5 Å². The number of nitrogens with two attached hydrogens (primary N) is 1. The average molecular weight is 422 g/mol. The molecule has 0 radical (unpaired) electrons. The van der Waals surface area contributed by atoms with Crippen molar-refractivity contribution >= 4 is 17.7 Å². The van der Waals surface area contributed by atoms with Gasteiger partial charge in [-0.25, -0.2) is 9.98 Å². The van der Waals surface area contributed by atoms with Gasteiger partial charge in [0.05, 0.1) is 6.04 Å². The number of anilines is 1. The lowest BCUT2D eigenvalue weighted by Crippen LogP contribution is -2.63. The first-order valence-electron chi connectivity index (χ1n) is 9.84. The minimum Gasteiger partial charge on any atom is -0.410 e. The van der Waals surface area contributed by atoms with Gasteiger partial charge in [-0.3, -0.25) is 14.6 Å². The van der Waals surface area contributed by atoms with Gasteiger partial charge in [-0.1, -0.05) is 11.6 Å². The maximum atomic E-state index is 12.8. The first-order chi connectivity index (χ1) is 14.2. The number of amides is 1. The van der Waals surface area contributed by atoms with Gasteiger partial charge >= 0.3 is 6.36 Å². The predicted molar refractivity (Wildman–Crippen MR) is 101 cm³/mol. The summed E-state index contributed by atoms with van der Waals surface area (Å²) in [6.45, 7) is 0. The third kappa shape index (κ3) is 2.91. The van der Waals surface area contributed by atoms with Crippen molar-refractivity contribution in [1.82, 2.24) is 14.9 Å². The van der Waals surface area contributed by atoms with Gasteiger partial charge in [0.1, 0.15) is 22.9 Å². The Labute approximate surface area is 170 Å². The van der Waals surface area contributed by atoms with Crippen molar-refractivity contribution in [2.75, 3.05) is 11.9 Å². The quantitative estimate of drug-likeness (QED) is 0.780. The zero-order valence-electron chi connectivity index (χ0n) is 16.3. The second-order valence-electron chi connectivity index (χ2n) is 8.09. The number of carbonyl (C=O) groups is 1. The summed E-state index contributed by atoms with van der Waals surface area (Å²) < 4.78 is 41.0. The van der Waals surface area contributed by atoms with Crippen LogP contribution in [-0.4, -0.2) is 51.8 Å². The maximum absolute atomic E-state index is 12.8. The van der Waals surface area contributed by atoms with Crippen LogP contribution in [0.25, 0.3) is 0 Å². The van der Waals surface area contributed by atoms with Gasteiger partial charge in [-0.2, -0.15) is 0 Å². The van der Waals surface area contributed by atoms with Crippen LogP contribution in [0.2, 0.25) is 0 Å². The highest BCUT2D eigenvalue weighted by Crippen LogP contribution is 2.44. The summed E-state index contributed by atoms with van der Waals surface area (Å²) in [4.78, 5) is 28.6. The Morgan fingerprint density at radius 1 is 1.37 bits per heavy atom. The number of H-pyrrole nitrogens is 1. The van der Waals surface area contributed by atoms with E-state index in [0.29, 0.717) is 36.1 Å². The van der Waals surface area contributed by atoms with E-state index in [1.807, 2.05) is 4.90 Å². The number of fused-ring (bicyclic) bond motifs is 5. The van der Waals surface area contributed by atoms with Crippen LogP contribution < -0.4 is 10.6 Å². The van der Waals surface area contributed by atoms with Gasteiger partial charge in [0.25, 0.3) is 5.91 Å². The fourth-order valence-electron chi connectivity index (χ4n) is 4.67. The van der Waals surface area contributed by atoms with Crippen LogP contribution in [0.1, 0.15) is 48.4 Å². The lowest BCUT2D eigenvalue weighted by atomic mass is 10.0. The van der Waals surface area contributed by atoms with Crippen LogP contribution in [0, 0.1) is 0 Å². The SMILES string of the molecule is CN1C(=O)c2[nH]c(CC3=CC=C(OC(F)(F)F)CC3)nc2N2C1=N[C@@H]1CCC[C@@]12N. The average Bonchev–Trinajstić information content (AvgIpc) is 3.31. The van der Waals surface area contributed by atoms with Gasteiger partial charge in [0.2, 0.25) is 5.96 Å². The summed E-state index contributed by atoms with van der Waals surface area (Å²) in [6, 6.07) is -0.0768.